The first kappa shape index (κ1) is 19.9. The molecule has 146 valence electrons. The number of aromatic nitrogens is 1. The van der Waals surface area contributed by atoms with Crippen LogP contribution in [0.1, 0.15) is 30.1 Å². The number of ether oxygens (including phenoxy) is 2. The fourth-order valence-corrected chi connectivity index (χ4v) is 3.18. The lowest BCUT2D eigenvalue weighted by Gasteiger charge is -2.17. The number of hydrogen-bond acceptors (Lipinski definition) is 4. The quantitative estimate of drug-likeness (QED) is 0.496. The zero-order chi connectivity index (χ0) is 19.6. The summed E-state index contributed by atoms with van der Waals surface area (Å²) < 4.78 is 36.0. The molecule has 1 fully saturated rings. The molecule has 0 spiro atoms. The molecule has 0 aliphatic heterocycles. The summed E-state index contributed by atoms with van der Waals surface area (Å²) >= 11 is 12.1. The number of alkyl halides is 2. The minimum atomic E-state index is -2.98. The van der Waals surface area contributed by atoms with Gasteiger partial charge in [0.1, 0.15) is 10.0 Å². The van der Waals surface area contributed by atoms with E-state index in [9.17, 15) is 19.1 Å². The Morgan fingerprint density at radius 2 is 1.81 bits per heavy atom. The lowest BCUT2D eigenvalue weighted by atomic mass is 10.0. The number of benzene rings is 1. The third kappa shape index (κ3) is 5.34. The van der Waals surface area contributed by atoms with Crippen LogP contribution in [0, 0.1) is 5.92 Å². The fourth-order valence-electron chi connectivity index (χ4n) is 2.58. The van der Waals surface area contributed by atoms with Gasteiger partial charge in [-0.1, -0.05) is 29.3 Å². The molecule has 1 atom stereocenters. The molecule has 1 aromatic carbocycles. The summed E-state index contributed by atoms with van der Waals surface area (Å²) in [6.45, 7) is -2.57. The summed E-state index contributed by atoms with van der Waals surface area (Å²) in [7, 11) is 0. The Labute approximate surface area is 164 Å². The van der Waals surface area contributed by atoms with Crippen molar-refractivity contribution in [1.29, 1.82) is 0 Å². The molecular formula is C18H18Cl2F2NO4+. The number of aliphatic hydroxyl groups is 1. The van der Waals surface area contributed by atoms with Crippen molar-refractivity contribution in [2.24, 2.45) is 5.92 Å². The number of hydrogen-bond donors (Lipinski definition) is 2. The molecule has 0 amide bonds. The smallest absolute Gasteiger partial charge is 0.387 e. The summed E-state index contributed by atoms with van der Waals surface area (Å²) in [5.74, 6) is 0.487. The van der Waals surface area contributed by atoms with Crippen molar-refractivity contribution in [2.75, 3.05) is 6.61 Å². The lowest BCUT2D eigenvalue weighted by Crippen LogP contribution is -2.29. The van der Waals surface area contributed by atoms with Crippen LogP contribution in [0.25, 0.3) is 0 Å². The second-order valence-electron chi connectivity index (χ2n) is 6.37. The highest BCUT2D eigenvalue weighted by atomic mass is 35.5. The van der Waals surface area contributed by atoms with Gasteiger partial charge in [-0.25, -0.2) is 0 Å². The molecule has 1 unspecified atom stereocenters. The molecule has 3 rings (SSSR count). The monoisotopic (exact) mass is 420 g/mol. The summed E-state index contributed by atoms with van der Waals surface area (Å²) in [5, 5.41) is 20.3. The van der Waals surface area contributed by atoms with Gasteiger partial charge in [0.05, 0.1) is 12.7 Å². The van der Waals surface area contributed by atoms with Crippen molar-refractivity contribution in [3.05, 3.63) is 51.8 Å². The average Bonchev–Trinajstić information content (AvgIpc) is 3.40. The van der Waals surface area contributed by atoms with Crippen molar-refractivity contribution < 1.29 is 33.3 Å². The van der Waals surface area contributed by atoms with E-state index in [1.54, 1.807) is 0 Å². The van der Waals surface area contributed by atoms with E-state index in [0.717, 1.165) is 17.6 Å². The molecule has 0 radical (unpaired) electrons. The first-order chi connectivity index (χ1) is 12.8. The van der Waals surface area contributed by atoms with Crippen LogP contribution in [-0.4, -0.2) is 23.5 Å². The van der Waals surface area contributed by atoms with E-state index in [4.69, 9.17) is 27.9 Å². The molecule has 0 bridgehead atoms. The van der Waals surface area contributed by atoms with Crippen LogP contribution in [-0.2, 0) is 6.42 Å². The standard InChI is InChI=1S/C18H18Cl2F2NO4/c19-13-7-23(25)8-14(20)12(13)6-15(24)11-3-4-16(27-18(21)22)17(5-11)26-9-10-1-2-10/h3-5,7-8,10,15,18,24-25H,1-2,6,9H2/q+1. The summed E-state index contributed by atoms with van der Waals surface area (Å²) in [4.78, 5) is 0. The lowest BCUT2D eigenvalue weighted by molar-refractivity contribution is -0.904. The van der Waals surface area contributed by atoms with Crippen molar-refractivity contribution in [3.8, 4) is 11.5 Å². The Balaban J connectivity index is 1.81. The third-order valence-electron chi connectivity index (χ3n) is 4.21. The second kappa shape index (κ2) is 8.46. The molecule has 1 saturated carbocycles. The number of halogens is 4. The Morgan fingerprint density at radius 1 is 1.15 bits per heavy atom. The number of rotatable bonds is 8. The molecule has 9 heteroatoms. The van der Waals surface area contributed by atoms with Crippen molar-refractivity contribution >= 4 is 23.2 Å². The van der Waals surface area contributed by atoms with Gasteiger partial charge in [-0.2, -0.15) is 8.78 Å². The van der Waals surface area contributed by atoms with Crippen LogP contribution in [0.5, 0.6) is 11.5 Å². The summed E-state index contributed by atoms with van der Waals surface area (Å²) in [5.41, 5.74) is 0.889. The Morgan fingerprint density at radius 3 is 2.41 bits per heavy atom. The highest BCUT2D eigenvalue weighted by Gasteiger charge is 2.24. The van der Waals surface area contributed by atoms with E-state index in [0.29, 0.717) is 23.7 Å². The van der Waals surface area contributed by atoms with E-state index in [1.807, 2.05) is 0 Å². The highest BCUT2D eigenvalue weighted by Crippen LogP contribution is 2.36. The van der Waals surface area contributed by atoms with Gasteiger partial charge in [0.2, 0.25) is 12.4 Å². The Kier molecular flexibility index (Phi) is 6.24. The molecule has 2 aromatic rings. The molecular weight excluding hydrogens is 403 g/mol. The first-order valence-corrected chi connectivity index (χ1v) is 9.07. The van der Waals surface area contributed by atoms with Crippen LogP contribution < -0.4 is 14.2 Å². The van der Waals surface area contributed by atoms with Crippen molar-refractivity contribution in [1.82, 2.24) is 0 Å². The average molecular weight is 421 g/mol. The van der Waals surface area contributed by atoms with Crippen LogP contribution in [0.3, 0.4) is 0 Å². The van der Waals surface area contributed by atoms with Gasteiger partial charge in [-0.05, 0) is 36.5 Å². The molecule has 2 N–H and O–H groups in total. The largest absolute Gasteiger partial charge is 0.489 e. The van der Waals surface area contributed by atoms with Crippen LogP contribution in [0.15, 0.2) is 30.6 Å². The van der Waals surface area contributed by atoms with Gasteiger partial charge < -0.3 is 14.6 Å². The summed E-state index contributed by atoms with van der Waals surface area (Å²) in [6, 6.07) is 4.29. The molecule has 0 saturated heterocycles. The summed E-state index contributed by atoms with van der Waals surface area (Å²) in [6.07, 6.45) is 3.64. The maximum Gasteiger partial charge on any atom is 0.387 e. The topological polar surface area (TPSA) is 62.8 Å². The predicted octanol–water partition coefficient (Wildman–Crippen LogP) is 4.18. The Bertz CT molecular complexity index is 795. The van der Waals surface area contributed by atoms with Crippen molar-refractivity contribution in [3.63, 3.8) is 0 Å². The van der Waals surface area contributed by atoms with Gasteiger partial charge in [0, 0.05) is 16.7 Å². The minimum Gasteiger partial charge on any atom is -0.489 e. The van der Waals surface area contributed by atoms with E-state index in [1.165, 1.54) is 30.6 Å². The second-order valence-corrected chi connectivity index (χ2v) is 7.19. The third-order valence-corrected chi connectivity index (χ3v) is 4.86. The molecule has 27 heavy (non-hydrogen) atoms. The van der Waals surface area contributed by atoms with Crippen LogP contribution in [0.2, 0.25) is 10.0 Å². The zero-order valence-electron chi connectivity index (χ0n) is 14.1. The SMILES string of the molecule is OC(Cc1c(Cl)c[n+](O)cc1Cl)c1ccc(OC(F)F)c(OCC2CC2)c1. The molecule has 1 aromatic heterocycles. The van der Waals surface area contributed by atoms with Crippen LogP contribution in [0.4, 0.5) is 8.78 Å². The highest BCUT2D eigenvalue weighted by molar-refractivity contribution is 6.35. The van der Waals surface area contributed by atoms with E-state index >= 15 is 0 Å². The van der Waals surface area contributed by atoms with Crippen LogP contribution >= 0.6 is 23.2 Å². The first-order valence-electron chi connectivity index (χ1n) is 8.31. The normalized spacial score (nSPS) is 15.0. The van der Waals surface area contributed by atoms with E-state index in [-0.39, 0.29) is 28.0 Å². The molecule has 1 aliphatic carbocycles. The predicted molar refractivity (Wildman–Crippen MR) is 93.8 cm³/mol. The van der Waals surface area contributed by atoms with E-state index in [2.05, 4.69) is 4.74 Å². The van der Waals surface area contributed by atoms with Gasteiger partial charge in [-0.15, -0.1) is 0 Å². The number of pyridine rings is 1. The maximum absolute atomic E-state index is 12.6. The van der Waals surface area contributed by atoms with E-state index < -0.39 is 12.7 Å². The van der Waals surface area contributed by atoms with Crippen molar-refractivity contribution in [2.45, 2.75) is 32.0 Å². The Hall–Kier alpha value is -1.83. The zero-order valence-corrected chi connectivity index (χ0v) is 15.6. The number of aliphatic hydroxyl groups excluding tert-OH is 1. The minimum absolute atomic E-state index is 0.0651. The number of nitrogens with zero attached hydrogens (tertiary/aromatic N) is 1. The molecule has 1 aliphatic rings. The molecule has 1 heterocycles. The van der Waals surface area contributed by atoms with Gasteiger partial charge in [0.15, 0.2) is 11.5 Å². The van der Waals surface area contributed by atoms with Gasteiger partial charge in [-0.3, -0.25) is 5.21 Å². The maximum atomic E-state index is 12.6. The van der Waals surface area contributed by atoms with Gasteiger partial charge >= 0.3 is 6.61 Å². The fraction of sp³-hybridized carbons (Fsp3) is 0.389. The van der Waals surface area contributed by atoms with Gasteiger partial charge in [0.25, 0.3) is 0 Å². The molecule has 5 nitrogen and oxygen atoms in total.